The quantitative estimate of drug-likeness (QED) is 0.808. The molecule has 0 amide bonds. The lowest BCUT2D eigenvalue weighted by molar-refractivity contribution is 0.415. The normalized spacial score (nSPS) is 15.3. The first-order valence-electron chi connectivity index (χ1n) is 5.91. The lowest BCUT2D eigenvalue weighted by Crippen LogP contribution is -2.22. The molecule has 2 atom stereocenters. The van der Waals surface area contributed by atoms with Gasteiger partial charge in [0.05, 0.1) is 11.7 Å². The monoisotopic (exact) mass is 209 g/mol. The molecule has 0 saturated heterocycles. The van der Waals surface area contributed by atoms with Crippen molar-refractivity contribution in [2.24, 2.45) is 5.73 Å². The molecule has 0 saturated carbocycles. The third-order valence-electron chi connectivity index (χ3n) is 2.72. The highest BCUT2D eigenvalue weighted by Gasteiger charge is 2.12. The van der Waals surface area contributed by atoms with Crippen molar-refractivity contribution >= 4 is 0 Å². The molecule has 0 aromatic carbocycles. The second-order valence-corrected chi connectivity index (χ2v) is 4.34. The number of nitrogens with two attached hydrogens (primary N) is 1. The van der Waals surface area contributed by atoms with Crippen molar-refractivity contribution in [3.8, 4) is 0 Å². The summed E-state index contributed by atoms with van der Waals surface area (Å²) in [4.78, 5) is 0. The fraction of sp³-hybridized carbons (Fsp3) is 0.750. The molecule has 0 aliphatic rings. The van der Waals surface area contributed by atoms with Gasteiger partial charge in [0.1, 0.15) is 0 Å². The molecule has 86 valence electrons. The van der Waals surface area contributed by atoms with Crippen LogP contribution in [0.5, 0.6) is 0 Å². The molecule has 0 aliphatic heterocycles. The van der Waals surface area contributed by atoms with E-state index in [1.807, 2.05) is 6.92 Å². The van der Waals surface area contributed by atoms with Crippen molar-refractivity contribution in [2.45, 2.75) is 59.0 Å². The highest BCUT2D eigenvalue weighted by molar-refractivity contribution is 5.11. The van der Waals surface area contributed by atoms with E-state index in [0.29, 0.717) is 6.04 Å². The topological polar surface area (TPSA) is 43.8 Å². The Morgan fingerprint density at radius 1 is 1.33 bits per heavy atom. The molecule has 0 radical (unpaired) electrons. The van der Waals surface area contributed by atoms with Gasteiger partial charge in [0, 0.05) is 11.7 Å². The maximum Gasteiger partial charge on any atom is 0.0624 e. The van der Waals surface area contributed by atoms with Gasteiger partial charge in [-0.1, -0.05) is 13.8 Å². The van der Waals surface area contributed by atoms with E-state index in [9.17, 15) is 0 Å². The SMILES string of the molecule is CCc1cc(CC)n(C(C)CC(C)N)n1. The lowest BCUT2D eigenvalue weighted by Gasteiger charge is -2.17. The number of nitrogens with zero attached hydrogens (tertiary/aromatic N) is 2. The van der Waals surface area contributed by atoms with Crippen molar-refractivity contribution in [1.29, 1.82) is 0 Å². The summed E-state index contributed by atoms with van der Waals surface area (Å²) in [5, 5.41) is 4.61. The van der Waals surface area contributed by atoms with Gasteiger partial charge in [0.25, 0.3) is 0 Å². The zero-order chi connectivity index (χ0) is 11.4. The molecule has 0 aliphatic carbocycles. The molecule has 15 heavy (non-hydrogen) atoms. The molecule has 3 nitrogen and oxygen atoms in total. The van der Waals surface area contributed by atoms with Crippen LogP contribution in [0, 0.1) is 0 Å². The van der Waals surface area contributed by atoms with Gasteiger partial charge in [0.15, 0.2) is 0 Å². The first-order valence-corrected chi connectivity index (χ1v) is 5.91. The molecule has 1 aromatic heterocycles. The summed E-state index contributed by atoms with van der Waals surface area (Å²) in [5.74, 6) is 0. The third-order valence-corrected chi connectivity index (χ3v) is 2.72. The molecular formula is C12H23N3. The smallest absolute Gasteiger partial charge is 0.0624 e. The molecule has 0 spiro atoms. The predicted molar refractivity (Wildman–Crippen MR) is 64.0 cm³/mol. The minimum atomic E-state index is 0.235. The van der Waals surface area contributed by atoms with Gasteiger partial charge in [-0.25, -0.2) is 0 Å². The largest absolute Gasteiger partial charge is 0.328 e. The van der Waals surface area contributed by atoms with Crippen LogP contribution in [-0.4, -0.2) is 15.8 Å². The summed E-state index contributed by atoms with van der Waals surface area (Å²) in [6.45, 7) is 8.55. The first-order chi connectivity index (χ1) is 7.08. The summed E-state index contributed by atoms with van der Waals surface area (Å²) in [5.41, 5.74) is 8.32. The van der Waals surface area contributed by atoms with E-state index in [-0.39, 0.29) is 6.04 Å². The van der Waals surface area contributed by atoms with Crippen molar-refractivity contribution in [3.63, 3.8) is 0 Å². The van der Waals surface area contributed by atoms with E-state index < -0.39 is 0 Å². The van der Waals surface area contributed by atoms with Crippen LogP contribution in [0.1, 0.15) is 51.5 Å². The Morgan fingerprint density at radius 3 is 2.47 bits per heavy atom. The first kappa shape index (κ1) is 12.2. The molecule has 2 N–H and O–H groups in total. The summed E-state index contributed by atoms with van der Waals surface area (Å²) in [6.07, 6.45) is 3.03. The zero-order valence-corrected chi connectivity index (χ0v) is 10.3. The average Bonchev–Trinajstić information content (AvgIpc) is 2.59. The highest BCUT2D eigenvalue weighted by Crippen LogP contribution is 2.16. The van der Waals surface area contributed by atoms with Gasteiger partial charge in [-0.15, -0.1) is 0 Å². The fourth-order valence-corrected chi connectivity index (χ4v) is 1.95. The highest BCUT2D eigenvalue weighted by atomic mass is 15.3. The molecule has 0 bridgehead atoms. The van der Waals surface area contributed by atoms with Crippen LogP contribution in [0.3, 0.4) is 0 Å². The van der Waals surface area contributed by atoms with Crippen LogP contribution in [0.25, 0.3) is 0 Å². The van der Waals surface area contributed by atoms with Gasteiger partial charge >= 0.3 is 0 Å². The van der Waals surface area contributed by atoms with E-state index in [2.05, 4.69) is 36.6 Å². The second-order valence-electron chi connectivity index (χ2n) is 4.34. The van der Waals surface area contributed by atoms with E-state index >= 15 is 0 Å². The maximum atomic E-state index is 5.82. The minimum absolute atomic E-state index is 0.235. The third kappa shape index (κ3) is 3.06. The molecule has 1 rings (SSSR count). The Labute approximate surface area is 92.7 Å². The maximum absolute atomic E-state index is 5.82. The van der Waals surface area contributed by atoms with E-state index in [1.165, 1.54) is 11.4 Å². The number of aryl methyl sites for hydroxylation is 2. The van der Waals surface area contributed by atoms with E-state index in [1.54, 1.807) is 0 Å². The van der Waals surface area contributed by atoms with Crippen molar-refractivity contribution in [2.75, 3.05) is 0 Å². The fourth-order valence-electron chi connectivity index (χ4n) is 1.95. The van der Waals surface area contributed by atoms with Crippen LogP contribution in [0.15, 0.2) is 6.07 Å². The van der Waals surface area contributed by atoms with Crippen molar-refractivity contribution in [1.82, 2.24) is 9.78 Å². The summed E-state index contributed by atoms with van der Waals surface area (Å²) in [6, 6.07) is 2.84. The van der Waals surface area contributed by atoms with Crippen LogP contribution in [0.2, 0.25) is 0 Å². The van der Waals surface area contributed by atoms with Gasteiger partial charge in [-0.3, -0.25) is 4.68 Å². The Kier molecular flexibility index (Phi) is 4.33. The van der Waals surface area contributed by atoms with Crippen molar-refractivity contribution in [3.05, 3.63) is 17.5 Å². The average molecular weight is 209 g/mol. The second kappa shape index (κ2) is 5.31. The van der Waals surface area contributed by atoms with Gasteiger partial charge < -0.3 is 5.73 Å². The Hall–Kier alpha value is -0.830. The number of rotatable bonds is 5. The molecule has 0 fully saturated rings. The van der Waals surface area contributed by atoms with Crippen LogP contribution >= 0.6 is 0 Å². The van der Waals surface area contributed by atoms with Gasteiger partial charge in [-0.2, -0.15) is 5.10 Å². The Balaban J connectivity index is 2.86. The summed E-state index contributed by atoms with van der Waals surface area (Å²) < 4.78 is 2.14. The van der Waals surface area contributed by atoms with Gasteiger partial charge in [0.2, 0.25) is 0 Å². The van der Waals surface area contributed by atoms with E-state index in [4.69, 9.17) is 5.73 Å². The van der Waals surface area contributed by atoms with Crippen LogP contribution in [-0.2, 0) is 12.8 Å². The van der Waals surface area contributed by atoms with Gasteiger partial charge in [-0.05, 0) is 39.2 Å². The summed E-state index contributed by atoms with van der Waals surface area (Å²) in [7, 11) is 0. The number of hydrogen-bond donors (Lipinski definition) is 1. The Morgan fingerprint density at radius 2 is 2.00 bits per heavy atom. The summed E-state index contributed by atoms with van der Waals surface area (Å²) >= 11 is 0. The molecule has 3 heteroatoms. The van der Waals surface area contributed by atoms with E-state index in [0.717, 1.165) is 19.3 Å². The number of aromatic nitrogens is 2. The molecule has 2 unspecified atom stereocenters. The predicted octanol–water partition coefficient (Wildman–Crippen LogP) is 2.31. The van der Waals surface area contributed by atoms with Crippen LogP contribution < -0.4 is 5.73 Å². The molecular weight excluding hydrogens is 186 g/mol. The lowest BCUT2D eigenvalue weighted by atomic mass is 10.1. The zero-order valence-electron chi connectivity index (χ0n) is 10.3. The Bertz CT molecular complexity index is 302. The minimum Gasteiger partial charge on any atom is -0.328 e. The standard InChI is InChI=1S/C12H23N3/c1-5-11-8-12(6-2)15(14-11)10(4)7-9(3)13/h8-10H,5-7,13H2,1-4H3. The molecule has 1 heterocycles. The van der Waals surface area contributed by atoms with Crippen LogP contribution in [0.4, 0.5) is 0 Å². The molecule has 1 aromatic rings. The van der Waals surface area contributed by atoms with Crippen molar-refractivity contribution < 1.29 is 0 Å². The number of hydrogen-bond acceptors (Lipinski definition) is 2.